The molecule has 1 atom stereocenters. The maximum absolute atomic E-state index is 13.4. The molecule has 32 heavy (non-hydrogen) atoms. The van der Waals surface area contributed by atoms with Gasteiger partial charge in [0.2, 0.25) is 10.9 Å². The minimum Gasteiger partial charge on any atom is -0.466 e. The minimum atomic E-state index is -0.532. The highest BCUT2D eigenvalue weighted by atomic mass is 32.1. The van der Waals surface area contributed by atoms with E-state index in [2.05, 4.69) is 50.9 Å². The molecule has 11 heteroatoms. The molecule has 1 aliphatic heterocycles. The zero-order valence-corrected chi connectivity index (χ0v) is 18.9. The number of rotatable bonds is 6. The van der Waals surface area contributed by atoms with Crippen LogP contribution in [0.5, 0.6) is 5.19 Å². The lowest BCUT2D eigenvalue weighted by Crippen LogP contribution is -2.38. The van der Waals surface area contributed by atoms with Crippen LogP contribution in [-0.4, -0.2) is 48.9 Å². The van der Waals surface area contributed by atoms with Gasteiger partial charge in [-0.05, 0) is 43.1 Å². The Bertz CT molecular complexity index is 1180. The Labute approximate surface area is 188 Å². The van der Waals surface area contributed by atoms with E-state index in [-0.39, 0.29) is 12.0 Å². The third kappa shape index (κ3) is 4.16. The van der Waals surface area contributed by atoms with E-state index in [9.17, 15) is 4.39 Å². The van der Waals surface area contributed by atoms with Gasteiger partial charge in [-0.1, -0.05) is 19.0 Å². The number of halogens is 1. The van der Waals surface area contributed by atoms with Crippen LogP contribution >= 0.6 is 11.3 Å². The number of hydrogen-bond donors (Lipinski definition) is 0. The van der Waals surface area contributed by atoms with Crippen molar-refractivity contribution in [1.29, 1.82) is 0 Å². The van der Waals surface area contributed by atoms with Crippen molar-refractivity contribution in [3.63, 3.8) is 0 Å². The molecule has 5 heterocycles. The lowest BCUT2D eigenvalue weighted by Gasteiger charge is -2.33. The van der Waals surface area contributed by atoms with Gasteiger partial charge in [-0.25, -0.2) is 14.5 Å². The normalized spacial score (nSPS) is 16.2. The van der Waals surface area contributed by atoms with Crippen LogP contribution in [0.3, 0.4) is 0 Å². The first kappa shape index (κ1) is 20.8. The summed E-state index contributed by atoms with van der Waals surface area (Å²) in [6.45, 7) is 7.89. The number of fused-ring (bicyclic) bond motifs is 1. The largest absolute Gasteiger partial charge is 0.466 e. The molecule has 0 amide bonds. The van der Waals surface area contributed by atoms with Crippen LogP contribution < -0.4 is 9.64 Å². The molecule has 0 saturated carbocycles. The first-order chi connectivity index (χ1) is 15.5. The van der Waals surface area contributed by atoms with E-state index >= 15 is 0 Å². The predicted molar refractivity (Wildman–Crippen MR) is 117 cm³/mol. The van der Waals surface area contributed by atoms with Gasteiger partial charge in [0.1, 0.15) is 6.10 Å². The lowest BCUT2D eigenvalue weighted by molar-refractivity contribution is 0.130. The number of hydrogen-bond acceptors (Lipinski definition) is 9. The number of nitrogens with zero attached hydrogens (tertiary/aromatic N) is 7. The zero-order valence-electron chi connectivity index (χ0n) is 18.1. The Morgan fingerprint density at radius 2 is 2.03 bits per heavy atom. The lowest BCUT2D eigenvalue weighted by atomic mass is 9.92. The second-order valence-corrected chi connectivity index (χ2v) is 9.24. The van der Waals surface area contributed by atoms with Gasteiger partial charge in [-0.2, -0.15) is 9.37 Å². The van der Waals surface area contributed by atoms with Crippen LogP contribution in [0.15, 0.2) is 29.0 Å². The summed E-state index contributed by atoms with van der Waals surface area (Å²) in [6.07, 6.45) is 5.17. The highest BCUT2D eigenvalue weighted by molar-refractivity contribution is 7.18. The summed E-state index contributed by atoms with van der Waals surface area (Å²) in [5.74, 6) is 0.866. The summed E-state index contributed by atoms with van der Waals surface area (Å²) in [5.41, 5.74) is 1.32. The molecule has 168 valence electrons. The number of pyridine rings is 1. The molecule has 0 bridgehead atoms. The van der Waals surface area contributed by atoms with Crippen molar-refractivity contribution in [2.45, 2.75) is 45.6 Å². The third-order valence-corrected chi connectivity index (χ3v) is 6.57. The average molecular weight is 458 g/mol. The van der Waals surface area contributed by atoms with Crippen molar-refractivity contribution < 1.29 is 13.7 Å². The SMILES string of the molecule is CC(C)c1noc(N2CCC([C@H](C)Oc3nn4cc(-c5ccnc(F)c5)nc4s3)CC2)n1. The average Bonchev–Trinajstić information content (AvgIpc) is 3.49. The van der Waals surface area contributed by atoms with Crippen molar-refractivity contribution in [2.75, 3.05) is 18.0 Å². The summed E-state index contributed by atoms with van der Waals surface area (Å²) in [5, 5.41) is 9.13. The fourth-order valence-corrected chi connectivity index (χ4v) is 4.65. The molecule has 1 fully saturated rings. The molecular weight excluding hydrogens is 433 g/mol. The van der Waals surface area contributed by atoms with Crippen molar-refractivity contribution in [3.05, 3.63) is 36.3 Å². The van der Waals surface area contributed by atoms with Crippen molar-refractivity contribution in [3.8, 4) is 16.5 Å². The van der Waals surface area contributed by atoms with Crippen molar-refractivity contribution in [1.82, 2.24) is 29.7 Å². The topological polar surface area (TPSA) is 94.5 Å². The molecule has 0 unspecified atom stereocenters. The molecule has 1 aliphatic rings. The van der Waals surface area contributed by atoms with E-state index in [4.69, 9.17) is 9.26 Å². The van der Waals surface area contributed by atoms with Crippen LogP contribution in [0.25, 0.3) is 16.2 Å². The van der Waals surface area contributed by atoms with Gasteiger partial charge in [-0.3, -0.25) is 0 Å². The monoisotopic (exact) mass is 457 g/mol. The fourth-order valence-electron chi connectivity index (χ4n) is 3.84. The van der Waals surface area contributed by atoms with Gasteiger partial charge in [0.15, 0.2) is 5.82 Å². The number of aromatic nitrogens is 6. The Morgan fingerprint density at radius 3 is 2.72 bits per heavy atom. The number of anilines is 1. The molecule has 5 rings (SSSR count). The maximum atomic E-state index is 13.4. The van der Waals surface area contributed by atoms with Gasteiger partial charge in [0.25, 0.3) is 5.19 Å². The Morgan fingerprint density at radius 1 is 1.22 bits per heavy atom. The Kier molecular flexibility index (Phi) is 5.50. The van der Waals surface area contributed by atoms with E-state index in [0.717, 1.165) is 31.8 Å². The van der Waals surface area contributed by atoms with Gasteiger partial charge >= 0.3 is 6.01 Å². The maximum Gasteiger partial charge on any atom is 0.324 e. The Balaban J connectivity index is 1.19. The number of piperidine rings is 1. The highest BCUT2D eigenvalue weighted by Crippen LogP contribution is 2.30. The van der Waals surface area contributed by atoms with E-state index in [1.54, 1.807) is 16.8 Å². The van der Waals surface area contributed by atoms with Crippen molar-refractivity contribution in [2.24, 2.45) is 5.92 Å². The van der Waals surface area contributed by atoms with Crippen LogP contribution in [0.2, 0.25) is 0 Å². The molecule has 0 aromatic carbocycles. The van der Waals surface area contributed by atoms with Crippen LogP contribution in [0.4, 0.5) is 10.4 Å². The number of imidazole rings is 1. The van der Waals surface area contributed by atoms with E-state index in [0.29, 0.717) is 33.3 Å². The summed E-state index contributed by atoms with van der Waals surface area (Å²) in [7, 11) is 0. The predicted octanol–water partition coefficient (Wildman–Crippen LogP) is 4.18. The smallest absolute Gasteiger partial charge is 0.324 e. The summed E-state index contributed by atoms with van der Waals surface area (Å²) >= 11 is 1.38. The van der Waals surface area contributed by atoms with Crippen molar-refractivity contribution >= 4 is 22.3 Å². The third-order valence-electron chi connectivity index (χ3n) is 5.76. The van der Waals surface area contributed by atoms with Crippen LogP contribution in [0.1, 0.15) is 45.4 Å². The summed E-state index contributed by atoms with van der Waals surface area (Å²) in [4.78, 5) is 15.5. The second-order valence-electron chi connectivity index (χ2n) is 8.33. The van der Waals surface area contributed by atoms with E-state index in [1.807, 2.05) is 0 Å². The molecule has 0 aliphatic carbocycles. The zero-order chi connectivity index (χ0) is 22.2. The molecule has 1 saturated heterocycles. The van der Waals surface area contributed by atoms with Gasteiger partial charge < -0.3 is 14.2 Å². The summed E-state index contributed by atoms with van der Waals surface area (Å²) in [6, 6.07) is 3.68. The molecule has 4 aromatic heterocycles. The molecular formula is C21H24FN7O2S. The Hall–Kier alpha value is -3.08. The van der Waals surface area contributed by atoms with E-state index in [1.165, 1.54) is 23.6 Å². The standard InChI is InChI=1S/C21H24FN7O2S/c1-12(2)18-25-19(31-27-18)28-8-5-14(6-9-28)13(3)30-21-26-29-11-16(24-20(29)32-21)15-4-7-23-17(22)10-15/h4,7,10-14H,5-6,8-9H2,1-3H3/t13-/m0/s1. The quantitative estimate of drug-likeness (QED) is 0.398. The molecule has 0 spiro atoms. The molecule has 4 aromatic rings. The minimum absolute atomic E-state index is 0.0238. The van der Waals surface area contributed by atoms with Crippen LogP contribution in [-0.2, 0) is 0 Å². The molecule has 0 radical (unpaired) electrons. The van der Waals surface area contributed by atoms with E-state index < -0.39 is 5.95 Å². The fraction of sp³-hybridized carbons (Fsp3) is 0.476. The molecule has 9 nitrogen and oxygen atoms in total. The summed E-state index contributed by atoms with van der Waals surface area (Å²) < 4.78 is 26.6. The molecule has 0 N–H and O–H groups in total. The van der Waals surface area contributed by atoms with Gasteiger partial charge in [0, 0.05) is 36.8 Å². The first-order valence-corrected chi connectivity index (χ1v) is 11.5. The van der Waals surface area contributed by atoms with Gasteiger partial charge in [0.05, 0.1) is 11.9 Å². The van der Waals surface area contributed by atoms with Crippen LogP contribution in [0, 0.1) is 11.9 Å². The first-order valence-electron chi connectivity index (χ1n) is 10.7. The second kappa shape index (κ2) is 8.45. The van der Waals surface area contributed by atoms with Gasteiger partial charge in [-0.15, -0.1) is 5.10 Å². The highest BCUT2D eigenvalue weighted by Gasteiger charge is 2.28. The number of ether oxygens (including phenoxy) is 1.